The van der Waals surface area contributed by atoms with Gasteiger partial charge in [-0.05, 0) is 49.5 Å². The van der Waals surface area contributed by atoms with Crippen LogP contribution >= 0.6 is 0 Å². The van der Waals surface area contributed by atoms with E-state index in [-0.39, 0.29) is 5.70 Å². The van der Waals surface area contributed by atoms with Gasteiger partial charge in [-0.25, -0.2) is 9.78 Å². The Morgan fingerprint density at radius 1 is 1.23 bits per heavy atom. The molecule has 2 aliphatic rings. The molecule has 1 aliphatic carbocycles. The van der Waals surface area contributed by atoms with Crippen LogP contribution in [0.2, 0.25) is 0 Å². The van der Waals surface area contributed by atoms with E-state index in [2.05, 4.69) is 26.4 Å². The molecule has 1 saturated heterocycles. The topological polar surface area (TPSA) is 112 Å². The van der Waals surface area contributed by atoms with Crippen molar-refractivity contribution in [1.29, 1.82) is 0 Å². The van der Waals surface area contributed by atoms with Gasteiger partial charge in [0.2, 0.25) is 0 Å². The van der Waals surface area contributed by atoms with Crippen LogP contribution in [0, 0.1) is 12.8 Å². The third-order valence-corrected chi connectivity index (χ3v) is 5.08. The lowest BCUT2D eigenvalue weighted by Crippen LogP contribution is -2.22. The van der Waals surface area contributed by atoms with Crippen molar-refractivity contribution in [2.45, 2.75) is 19.8 Å². The number of amides is 3. The molecule has 2 aromatic heterocycles. The third-order valence-electron chi connectivity index (χ3n) is 5.08. The maximum Gasteiger partial charge on any atom is 0.326 e. The number of aromatic nitrogens is 3. The average molecular weight is 403 g/mol. The number of anilines is 3. The molecule has 1 saturated carbocycles. The first-order valence-corrected chi connectivity index (χ1v) is 9.85. The molecule has 0 radical (unpaired) electrons. The highest BCUT2D eigenvalue weighted by Gasteiger charge is 2.24. The van der Waals surface area contributed by atoms with Gasteiger partial charge in [-0.1, -0.05) is 12.1 Å². The molecule has 152 valence electrons. The highest BCUT2D eigenvalue weighted by atomic mass is 16.2. The minimum atomic E-state index is -0.538. The van der Waals surface area contributed by atoms with Crippen LogP contribution in [0.3, 0.4) is 0 Å². The van der Waals surface area contributed by atoms with Gasteiger partial charge in [0.1, 0.15) is 17.3 Å². The monoisotopic (exact) mass is 403 g/mol. The van der Waals surface area contributed by atoms with E-state index in [0.717, 1.165) is 23.6 Å². The molecule has 0 bridgehead atoms. The van der Waals surface area contributed by atoms with Crippen LogP contribution in [0.15, 0.2) is 42.2 Å². The average Bonchev–Trinajstić information content (AvgIpc) is 3.37. The zero-order valence-corrected chi connectivity index (χ0v) is 16.4. The van der Waals surface area contributed by atoms with Crippen molar-refractivity contribution in [3.05, 3.63) is 53.4 Å². The van der Waals surface area contributed by atoms with E-state index in [1.807, 2.05) is 37.3 Å². The minimum absolute atomic E-state index is 0.168. The standard InChI is InChI=1S/C21H21N7O2/c1-12-3-2-4-15(7-12)24-17-9-18(22-10-13-5-6-13)28-19(26-17)14(11-23-28)8-16-20(29)27-21(30)25-16/h2-4,7-9,11,13,22H,5-6,10H2,1H3,(H,24,26)(H2,25,27,29,30)/b16-8-. The van der Waals surface area contributed by atoms with Crippen LogP contribution in [0.25, 0.3) is 11.7 Å². The number of fused-ring (bicyclic) bond motifs is 1. The lowest BCUT2D eigenvalue weighted by molar-refractivity contribution is -0.115. The van der Waals surface area contributed by atoms with Crippen molar-refractivity contribution in [3.63, 3.8) is 0 Å². The van der Waals surface area contributed by atoms with E-state index >= 15 is 0 Å². The van der Waals surface area contributed by atoms with E-state index < -0.39 is 11.9 Å². The second-order valence-electron chi connectivity index (χ2n) is 7.65. The van der Waals surface area contributed by atoms with Crippen LogP contribution in [-0.4, -0.2) is 33.1 Å². The summed E-state index contributed by atoms with van der Waals surface area (Å²) in [5.74, 6) is 1.69. The molecule has 30 heavy (non-hydrogen) atoms. The number of hydrogen-bond donors (Lipinski definition) is 4. The number of rotatable bonds is 6. The van der Waals surface area contributed by atoms with Gasteiger partial charge >= 0.3 is 6.03 Å². The summed E-state index contributed by atoms with van der Waals surface area (Å²) in [6.07, 6.45) is 5.68. The van der Waals surface area contributed by atoms with Crippen LogP contribution in [0.1, 0.15) is 24.0 Å². The quantitative estimate of drug-likeness (QED) is 0.372. The molecule has 3 amide bonds. The first kappa shape index (κ1) is 18.2. The fourth-order valence-corrected chi connectivity index (χ4v) is 3.35. The fraction of sp³-hybridized carbons (Fsp3) is 0.238. The van der Waals surface area contributed by atoms with Crippen molar-refractivity contribution < 1.29 is 9.59 Å². The van der Waals surface area contributed by atoms with E-state index in [1.165, 1.54) is 12.8 Å². The Morgan fingerprint density at radius 3 is 2.83 bits per heavy atom. The van der Waals surface area contributed by atoms with Gasteiger partial charge in [0.05, 0.1) is 6.20 Å². The zero-order chi connectivity index (χ0) is 20.7. The molecule has 3 heterocycles. The molecule has 4 N–H and O–H groups in total. The molecule has 0 spiro atoms. The number of nitrogens with one attached hydrogen (secondary N) is 4. The van der Waals surface area contributed by atoms with E-state index in [0.29, 0.717) is 22.9 Å². The fourth-order valence-electron chi connectivity index (χ4n) is 3.35. The number of carbonyl (C=O) groups is 2. The van der Waals surface area contributed by atoms with Gasteiger partial charge in [-0.3, -0.25) is 10.1 Å². The number of nitrogens with zero attached hydrogens (tertiary/aromatic N) is 3. The number of imide groups is 1. The van der Waals surface area contributed by atoms with Gasteiger partial charge in [-0.15, -0.1) is 0 Å². The highest BCUT2D eigenvalue weighted by molar-refractivity contribution is 6.14. The molecule has 5 rings (SSSR count). The Balaban J connectivity index is 1.55. The number of benzene rings is 1. The van der Waals surface area contributed by atoms with Crippen LogP contribution in [-0.2, 0) is 4.79 Å². The first-order chi connectivity index (χ1) is 14.5. The molecular formula is C21H21N7O2. The molecule has 2 fully saturated rings. The lowest BCUT2D eigenvalue weighted by Gasteiger charge is -2.12. The summed E-state index contributed by atoms with van der Waals surface area (Å²) in [4.78, 5) is 28.0. The number of carbonyl (C=O) groups excluding carboxylic acids is 2. The van der Waals surface area contributed by atoms with Crippen molar-refractivity contribution in [3.8, 4) is 0 Å². The molecule has 0 atom stereocenters. The normalized spacial score (nSPS) is 17.3. The Morgan fingerprint density at radius 2 is 2.10 bits per heavy atom. The van der Waals surface area contributed by atoms with Gasteiger partial charge in [0, 0.05) is 23.9 Å². The summed E-state index contributed by atoms with van der Waals surface area (Å²) in [6.45, 7) is 2.91. The van der Waals surface area contributed by atoms with E-state index in [1.54, 1.807) is 16.8 Å². The summed E-state index contributed by atoms with van der Waals surface area (Å²) in [5.41, 5.74) is 3.45. The van der Waals surface area contributed by atoms with Crippen molar-refractivity contribution in [1.82, 2.24) is 25.2 Å². The smallest absolute Gasteiger partial charge is 0.326 e. The van der Waals surface area contributed by atoms with Gasteiger partial charge in [0.15, 0.2) is 5.65 Å². The first-order valence-electron chi connectivity index (χ1n) is 9.85. The molecule has 3 aromatic rings. The van der Waals surface area contributed by atoms with Crippen molar-refractivity contribution >= 4 is 41.0 Å². The molecule has 9 nitrogen and oxygen atoms in total. The molecule has 9 heteroatoms. The maximum atomic E-state index is 11.9. The second-order valence-corrected chi connectivity index (χ2v) is 7.65. The molecule has 1 aliphatic heterocycles. The predicted octanol–water partition coefficient (Wildman–Crippen LogP) is 2.78. The molecule has 1 aromatic carbocycles. The summed E-state index contributed by atoms with van der Waals surface area (Å²) >= 11 is 0. The number of aryl methyl sites for hydroxylation is 1. The van der Waals surface area contributed by atoms with E-state index in [4.69, 9.17) is 4.98 Å². The van der Waals surface area contributed by atoms with Crippen molar-refractivity contribution in [2.24, 2.45) is 5.92 Å². The maximum absolute atomic E-state index is 11.9. The van der Waals surface area contributed by atoms with Crippen LogP contribution in [0.4, 0.5) is 22.1 Å². The molecular weight excluding hydrogens is 382 g/mol. The third kappa shape index (κ3) is 3.69. The minimum Gasteiger partial charge on any atom is -0.370 e. The van der Waals surface area contributed by atoms with Crippen LogP contribution in [0.5, 0.6) is 0 Å². The van der Waals surface area contributed by atoms with Gasteiger partial charge in [-0.2, -0.15) is 9.61 Å². The Hall–Kier alpha value is -3.88. The summed E-state index contributed by atoms with van der Waals surface area (Å²) in [6, 6.07) is 9.43. The Kier molecular flexibility index (Phi) is 4.35. The zero-order valence-electron chi connectivity index (χ0n) is 16.4. The highest BCUT2D eigenvalue weighted by Crippen LogP contribution is 2.30. The van der Waals surface area contributed by atoms with Gasteiger partial charge in [0.25, 0.3) is 5.91 Å². The van der Waals surface area contributed by atoms with Gasteiger partial charge < -0.3 is 16.0 Å². The Bertz CT molecular complexity index is 1190. The second kappa shape index (κ2) is 7.18. The lowest BCUT2D eigenvalue weighted by atomic mass is 10.2. The molecule has 0 unspecified atom stereocenters. The largest absolute Gasteiger partial charge is 0.370 e. The van der Waals surface area contributed by atoms with Crippen molar-refractivity contribution in [2.75, 3.05) is 17.2 Å². The Labute approximate surface area is 172 Å². The number of hydrogen-bond acceptors (Lipinski definition) is 6. The summed E-state index contributed by atoms with van der Waals surface area (Å²) in [7, 11) is 0. The predicted molar refractivity (Wildman–Crippen MR) is 113 cm³/mol. The number of urea groups is 1. The summed E-state index contributed by atoms with van der Waals surface area (Å²) in [5, 5.41) is 15.9. The summed E-state index contributed by atoms with van der Waals surface area (Å²) < 4.78 is 1.71. The van der Waals surface area contributed by atoms with Crippen LogP contribution < -0.4 is 21.3 Å². The SMILES string of the molecule is Cc1cccc(Nc2cc(NCC3CC3)n3ncc(/C=C4\NC(=O)NC4=O)c3n2)c1. The van der Waals surface area contributed by atoms with E-state index in [9.17, 15) is 9.59 Å².